The summed E-state index contributed by atoms with van der Waals surface area (Å²) in [5.74, 6) is -1.54. The van der Waals surface area contributed by atoms with E-state index in [2.05, 4.69) is 15.4 Å². The van der Waals surface area contributed by atoms with Crippen molar-refractivity contribution in [1.29, 1.82) is 0 Å². The Morgan fingerprint density at radius 1 is 1.07 bits per heavy atom. The van der Waals surface area contributed by atoms with Gasteiger partial charge < -0.3 is 20.6 Å². The zero-order chi connectivity index (χ0) is 29.4. The minimum absolute atomic E-state index is 0.146. The summed E-state index contributed by atoms with van der Waals surface area (Å²) in [5, 5.41) is 16.0. The van der Waals surface area contributed by atoms with Crippen LogP contribution in [0.15, 0.2) is 48.5 Å². The fourth-order valence-corrected chi connectivity index (χ4v) is 6.90. The molecule has 0 radical (unpaired) electrons. The van der Waals surface area contributed by atoms with Crippen LogP contribution >= 0.6 is 0 Å². The molecule has 1 fully saturated rings. The zero-order valence-electron chi connectivity index (χ0n) is 23.5. The van der Waals surface area contributed by atoms with Crippen LogP contribution in [0.25, 0.3) is 0 Å². The highest BCUT2D eigenvalue weighted by molar-refractivity contribution is 7.89. The molecule has 2 heterocycles. The Kier molecular flexibility index (Phi) is 10.5. The predicted molar refractivity (Wildman–Crippen MR) is 157 cm³/mol. The molecule has 222 valence electrons. The number of amides is 2. The molecule has 2 aliphatic heterocycles. The van der Waals surface area contributed by atoms with Crippen LogP contribution < -0.4 is 15.4 Å². The smallest absolute Gasteiger partial charge is 0.322 e. The molecule has 4 rings (SSSR count). The maximum absolute atomic E-state index is 14.1. The van der Waals surface area contributed by atoms with Crippen molar-refractivity contribution >= 4 is 33.5 Å². The van der Waals surface area contributed by atoms with E-state index < -0.39 is 28.1 Å². The number of carboxylic acids is 1. The number of hydrogen-bond donors (Lipinski definition) is 4. The van der Waals surface area contributed by atoms with Crippen LogP contribution in [-0.4, -0.2) is 67.1 Å². The van der Waals surface area contributed by atoms with Gasteiger partial charge >= 0.3 is 5.97 Å². The number of anilines is 1. The second-order valence-corrected chi connectivity index (χ2v) is 12.8. The Labute approximate surface area is 241 Å². The summed E-state index contributed by atoms with van der Waals surface area (Å²) in [6, 6.07) is 12.3. The van der Waals surface area contributed by atoms with Crippen LogP contribution in [0, 0.1) is 5.92 Å². The number of fused-ring (bicyclic) bond motifs is 1. The second-order valence-electron chi connectivity index (χ2n) is 11.0. The summed E-state index contributed by atoms with van der Waals surface area (Å²) in [5.41, 5.74) is 1.99. The van der Waals surface area contributed by atoms with Gasteiger partial charge in [-0.05, 0) is 80.8 Å². The third-order valence-electron chi connectivity index (χ3n) is 7.84. The molecule has 2 aromatic carbocycles. The van der Waals surface area contributed by atoms with Gasteiger partial charge in [-0.15, -0.1) is 0 Å². The number of nitrogens with one attached hydrogen (secondary N) is 3. The molecule has 0 spiro atoms. The third kappa shape index (κ3) is 8.37. The Balaban J connectivity index is 1.60. The summed E-state index contributed by atoms with van der Waals surface area (Å²) in [6.45, 7) is 4.01. The fourth-order valence-electron chi connectivity index (χ4n) is 5.50. The number of sulfonamides is 1. The van der Waals surface area contributed by atoms with E-state index in [1.54, 1.807) is 23.1 Å². The second kappa shape index (κ2) is 14.1. The Morgan fingerprint density at radius 2 is 1.80 bits per heavy atom. The molecular weight excluding hydrogens is 544 g/mol. The van der Waals surface area contributed by atoms with Crippen molar-refractivity contribution in [2.45, 2.75) is 70.5 Å². The molecule has 0 aliphatic carbocycles. The Morgan fingerprint density at radius 3 is 2.49 bits per heavy atom. The molecule has 10 nitrogen and oxygen atoms in total. The topological polar surface area (TPSA) is 145 Å². The molecule has 11 heteroatoms. The van der Waals surface area contributed by atoms with Gasteiger partial charge in [-0.1, -0.05) is 49.7 Å². The number of piperidine rings is 1. The van der Waals surface area contributed by atoms with E-state index in [0.29, 0.717) is 36.4 Å². The standard InChI is InChI=1S/C30H40N4O6S/c1-2-3-17-41(39,40)33-26(30(37)38)19-23-9-11-25-24(18-23)29(36)34(20-22-7-5-4-6-8-22)27(28(35)32-25)12-10-21-13-15-31-16-14-21/h4-9,11,18,21,26-27,31,33H,2-3,10,12-17,19-20H2,1H3,(H,32,35)(H,37,38). The first-order chi connectivity index (χ1) is 19.7. The van der Waals surface area contributed by atoms with Crippen molar-refractivity contribution in [3.63, 3.8) is 0 Å². The van der Waals surface area contributed by atoms with E-state index in [1.165, 1.54) is 0 Å². The van der Waals surface area contributed by atoms with Crippen LogP contribution in [0.4, 0.5) is 5.69 Å². The van der Waals surface area contributed by atoms with Crippen molar-refractivity contribution in [2.75, 3.05) is 24.2 Å². The van der Waals surface area contributed by atoms with Gasteiger partial charge in [0, 0.05) is 6.54 Å². The highest BCUT2D eigenvalue weighted by atomic mass is 32.2. The Bertz CT molecular complexity index is 1330. The molecule has 41 heavy (non-hydrogen) atoms. The van der Waals surface area contributed by atoms with Crippen LogP contribution in [0.2, 0.25) is 0 Å². The third-order valence-corrected chi connectivity index (χ3v) is 9.31. The summed E-state index contributed by atoms with van der Waals surface area (Å²) in [7, 11) is -3.78. The molecule has 2 aromatic rings. The lowest BCUT2D eigenvalue weighted by Crippen LogP contribution is -2.45. The number of carbonyl (C=O) groups excluding carboxylic acids is 2. The van der Waals surface area contributed by atoms with Crippen molar-refractivity contribution in [2.24, 2.45) is 5.92 Å². The van der Waals surface area contributed by atoms with Gasteiger partial charge in [-0.2, -0.15) is 0 Å². The van der Waals surface area contributed by atoms with Gasteiger partial charge in [0.15, 0.2) is 0 Å². The molecule has 0 bridgehead atoms. The molecule has 0 aromatic heterocycles. The quantitative estimate of drug-likeness (QED) is 0.283. The predicted octanol–water partition coefficient (Wildman–Crippen LogP) is 3.14. The van der Waals surface area contributed by atoms with Crippen molar-refractivity contribution in [3.05, 3.63) is 65.2 Å². The van der Waals surface area contributed by atoms with Crippen LogP contribution in [0.1, 0.15) is 66.9 Å². The molecule has 2 atom stereocenters. The van der Waals surface area contributed by atoms with Gasteiger partial charge in [0.2, 0.25) is 15.9 Å². The van der Waals surface area contributed by atoms with E-state index >= 15 is 0 Å². The van der Waals surface area contributed by atoms with Crippen LogP contribution in [-0.2, 0) is 32.6 Å². The first kappa shape index (κ1) is 30.7. The summed E-state index contributed by atoms with van der Waals surface area (Å²) >= 11 is 0. The minimum Gasteiger partial charge on any atom is -0.480 e. The van der Waals surface area contributed by atoms with Gasteiger partial charge in [0.05, 0.1) is 17.0 Å². The van der Waals surface area contributed by atoms with E-state index in [4.69, 9.17) is 0 Å². The normalized spacial score (nSPS) is 18.9. The Hall–Kier alpha value is -3.28. The first-order valence-corrected chi connectivity index (χ1v) is 16.0. The summed E-state index contributed by atoms with van der Waals surface area (Å²) < 4.78 is 27.1. The number of hydrogen-bond acceptors (Lipinski definition) is 6. The highest BCUT2D eigenvalue weighted by Crippen LogP contribution is 2.30. The average Bonchev–Trinajstić information content (AvgIpc) is 3.05. The largest absolute Gasteiger partial charge is 0.480 e. The molecule has 0 saturated carbocycles. The number of rotatable bonds is 13. The van der Waals surface area contributed by atoms with E-state index in [1.807, 2.05) is 37.3 Å². The lowest BCUT2D eigenvalue weighted by atomic mass is 9.91. The summed E-state index contributed by atoms with van der Waals surface area (Å²) in [4.78, 5) is 41.1. The molecule has 2 unspecified atom stereocenters. The molecule has 4 N–H and O–H groups in total. The lowest BCUT2D eigenvalue weighted by molar-refractivity contribution is -0.138. The number of carbonyl (C=O) groups is 3. The van der Waals surface area contributed by atoms with Gasteiger partial charge in [-0.3, -0.25) is 14.4 Å². The highest BCUT2D eigenvalue weighted by Gasteiger charge is 2.36. The number of nitrogens with zero attached hydrogens (tertiary/aromatic N) is 1. The maximum atomic E-state index is 14.1. The van der Waals surface area contributed by atoms with Crippen molar-refractivity contribution in [3.8, 4) is 0 Å². The number of benzene rings is 2. The van der Waals surface area contributed by atoms with Gasteiger partial charge in [0.1, 0.15) is 12.1 Å². The SMILES string of the molecule is CCCCS(=O)(=O)NC(Cc1ccc2c(c1)C(=O)N(Cc1ccccc1)C(CCC1CCNCC1)C(=O)N2)C(=O)O. The van der Waals surface area contributed by atoms with Crippen molar-refractivity contribution in [1.82, 2.24) is 14.9 Å². The monoisotopic (exact) mass is 584 g/mol. The minimum atomic E-state index is -3.78. The number of aliphatic carboxylic acids is 1. The van der Waals surface area contributed by atoms with E-state index in [0.717, 1.165) is 37.9 Å². The van der Waals surface area contributed by atoms with Gasteiger partial charge in [0.25, 0.3) is 5.91 Å². The first-order valence-electron chi connectivity index (χ1n) is 14.4. The van der Waals surface area contributed by atoms with Gasteiger partial charge in [-0.25, -0.2) is 13.1 Å². The average molecular weight is 585 g/mol. The number of carboxylic acid groups (broad SMARTS) is 1. The molecule has 1 saturated heterocycles. The van der Waals surface area contributed by atoms with Crippen LogP contribution in [0.5, 0.6) is 0 Å². The lowest BCUT2D eigenvalue weighted by Gasteiger charge is -2.31. The summed E-state index contributed by atoms with van der Waals surface area (Å²) in [6.07, 6.45) is 4.39. The zero-order valence-corrected chi connectivity index (χ0v) is 24.3. The van der Waals surface area contributed by atoms with Crippen molar-refractivity contribution < 1.29 is 27.9 Å². The van der Waals surface area contributed by atoms with Crippen LogP contribution in [0.3, 0.4) is 0 Å². The molecular formula is C30H40N4O6S. The molecule has 2 aliphatic rings. The maximum Gasteiger partial charge on any atom is 0.322 e. The van der Waals surface area contributed by atoms with E-state index in [9.17, 15) is 27.9 Å². The molecule has 2 amide bonds. The number of unbranched alkanes of at least 4 members (excludes halogenated alkanes) is 1. The fraction of sp³-hybridized carbons (Fsp3) is 0.500. The van der Waals surface area contributed by atoms with E-state index in [-0.39, 0.29) is 36.1 Å².